The number of carbonyl (C=O) groups is 1. The number of fused-ring (bicyclic) bond motifs is 5. The molecule has 160 valence electrons. The molecular formula is C27H35NO2. The summed E-state index contributed by atoms with van der Waals surface area (Å²) < 4.78 is 5.58. The summed E-state index contributed by atoms with van der Waals surface area (Å²) in [6, 6.07) is 6.28. The molecule has 4 aliphatic carbocycles. The minimum absolute atomic E-state index is 0.0883. The van der Waals surface area contributed by atoms with E-state index in [1.165, 1.54) is 38.3 Å². The van der Waals surface area contributed by atoms with Crippen LogP contribution in [0.25, 0.3) is 0 Å². The Morgan fingerprint density at radius 2 is 1.93 bits per heavy atom. The van der Waals surface area contributed by atoms with E-state index in [1.807, 2.05) is 12.3 Å². The lowest BCUT2D eigenvalue weighted by molar-refractivity contribution is -0.148. The Kier molecular flexibility index (Phi) is 4.91. The normalized spacial score (nSPS) is 39.8. The summed E-state index contributed by atoms with van der Waals surface area (Å²) in [6.07, 6.45) is 16.3. The van der Waals surface area contributed by atoms with Crippen molar-refractivity contribution >= 4 is 5.97 Å². The predicted molar refractivity (Wildman–Crippen MR) is 119 cm³/mol. The quantitative estimate of drug-likeness (QED) is 0.453. The molecule has 3 nitrogen and oxygen atoms in total. The average molecular weight is 406 g/mol. The van der Waals surface area contributed by atoms with Crippen molar-refractivity contribution in [3.05, 3.63) is 53.4 Å². The number of allylic oxidation sites excluding steroid dienone is 3. The molecule has 0 amide bonds. The second-order valence-electron chi connectivity index (χ2n) is 10.7. The van der Waals surface area contributed by atoms with Crippen LogP contribution in [0.5, 0.6) is 0 Å². The van der Waals surface area contributed by atoms with E-state index in [1.54, 1.807) is 11.1 Å². The number of hydrogen-bond acceptors (Lipinski definition) is 3. The smallest absolute Gasteiger partial charge is 0.302 e. The lowest BCUT2D eigenvalue weighted by Gasteiger charge is -2.58. The van der Waals surface area contributed by atoms with E-state index in [0.29, 0.717) is 10.8 Å². The van der Waals surface area contributed by atoms with Gasteiger partial charge >= 0.3 is 5.97 Å². The van der Waals surface area contributed by atoms with Crippen LogP contribution in [0.1, 0.15) is 71.4 Å². The zero-order valence-electron chi connectivity index (χ0n) is 18.7. The summed E-state index contributed by atoms with van der Waals surface area (Å²) in [6.45, 7) is 6.59. The standard InChI is InChI=1S/C27H35NO2/c1-18(29)30-22-11-13-26(2)20(17-22)7-9-23-24-10-8-19(16-21-6-4-5-15-28-21)27(24,3)14-12-25(23)26/h4-8,15,22-25H,9-14,16-17H2,1-3H3/t22-,23-,24-,25-,26-,27+/m0/s1. The van der Waals surface area contributed by atoms with Crippen LogP contribution in [0.3, 0.4) is 0 Å². The van der Waals surface area contributed by atoms with Crippen molar-refractivity contribution < 1.29 is 9.53 Å². The Morgan fingerprint density at radius 3 is 2.70 bits per heavy atom. The fourth-order valence-corrected chi connectivity index (χ4v) is 7.59. The Morgan fingerprint density at radius 1 is 1.10 bits per heavy atom. The summed E-state index contributed by atoms with van der Waals surface area (Å²) in [5.41, 5.74) is 5.03. The minimum atomic E-state index is -0.135. The van der Waals surface area contributed by atoms with Crippen LogP contribution in [0, 0.1) is 28.6 Å². The summed E-state index contributed by atoms with van der Waals surface area (Å²) in [7, 11) is 0. The van der Waals surface area contributed by atoms with Crippen LogP contribution in [0.2, 0.25) is 0 Å². The molecule has 5 rings (SSSR count). The molecule has 30 heavy (non-hydrogen) atoms. The number of aromatic nitrogens is 1. The molecular weight excluding hydrogens is 370 g/mol. The monoisotopic (exact) mass is 405 g/mol. The first-order valence-electron chi connectivity index (χ1n) is 11.9. The minimum Gasteiger partial charge on any atom is -0.462 e. The number of hydrogen-bond donors (Lipinski definition) is 0. The SMILES string of the molecule is CC(=O)O[C@H]1CC[C@@]2(C)C(=CC[C@@H]3[C@@H]2CC[C@]2(C)C(Cc4ccccn4)=CC[C@@H]32)C1. The largest absolute Gasteiger partial charge is 0.462 e. The van der Waals surface area contributed by atoms with Gasteiger partial charge in [0.25, 0.3) is 0 Å². The van der Waals surface area contributed by atoms with Crippen molar-refractivity contribution in [3.8, 4) is 0 Å². The molecule has 0 unspecified atom stereocenters. The van der Waals surface area contributed by atoms with E-state index < -0.39 is 0 Å². The highest BCUT2D eigenvalue weighted by molar-refractivity contribution is 5.66. The summed E-state index contributed by atoms with van der Waals surface area (Å²) in [4.78, 5) is 16.0. The van der Waals surface area contributed by atoms with Gasteiger partial charge in [0.05, 0.1) is 0 Å². The number of carbonyl (C=O) groups excluding carboxylic acids is 1. The van der Waals surface area contributed by atoms with E-state index in [0.717, 1.165) is 43.4 Å². The molecule has 0 aliphatic heterocycles. The van der Waals surface area contributed by atoms with Crippen LogP contribution >= 0.6 is 0 Å². The number of ether oxygens (including phenoxy) is 1. The fourth-order valence-electron chi connectivity index (χ4n) is 7.59. The molecule has 1 aromatic rings. The van der Waals surface area contributed by atoms with Gasteiger partial charge in [-0.3, -0.25) is 9.78 Å². The Hall–Kier alpha value is -1.90. The van der Waals surface area contributed by atoms with Gasteiger partial charge < -0.3 is 4.74 Å². The van der Waals surface area contributed by atoms with E-state index in [9.17, 15) is 4.79 Å². The highest BCUT2D eigenvalue weighted by Gasteiger charge is 2.56. The summed E-state index contributed by atoms with van der Waals surface area (Å²) in [5.74, 6) is 2.18. The van der Waals surface area contributed by atoms with Crippen LogP contribution < -0.4 is 0 Å². The molecule has 0 N–H and O–H groups in total. The molecule has 0 spiro atoms. The van der Waals surface area contributed by atoms with Gasteiger partial charge in [-0.15, -0.1) is 0 Å². The summed E-state index contributed by atoms with van der Waals surface area (Å²) in [5, 5.41) is 0. The Labute approximate surface area is 181 Å². The van der Waals surface area contributed by atoms with Gasteiger partial charge in [0.1, 0.15) is 6.10 Å². The molecule has 6 atom stereocenters. The third kappa shape index (κ3) is 3.16. The van der Waals surface area contributed by atoms with Crippen LogP contribution in [0.4, 0.5) is 0 Å². The highest BCUT2D eigenvalue weighted by atomic mass is 16.5. The molecule has 0 saturated heterocycles. The zero-order chi connectivity index (χ0) is 20.9. The third-order valence-electron chi connectivity index (χ3n) is 9.23. The zero-order valence-corrected chi connectivity index (χ0v) is 18.7. The van der Waals surface area contributed by atoms with Gasteiger partial charge in [0, 0.05) is 31.7 Å². The molecule has 1 heterocycles. The van der Waals surface area contributed by atoms with Crippen LogP contribution in [0.15, 0.2) is 47.7 Å². The third-order valence-corrected chi connectivity index (χ3v) is 9.23. The topological polar surface area (TPSA) is 39.2 Å². The maximum absolute atomic E-state index is 11.4. The van der Waals surface area contributed by atoms with Crippen molar-refractivity contribution in [2.45, 2.75) is 78.2 Å². The molecule has 2 fully saturated rings. The molecule has 0 aromatic carbocycles. The van der Waals surface area contributed by atoms with Crippen LogP contribution in [-0.4, -0.2) is 17.1 Å². The van der Waals surface area contributed by atoms with Gasteiger partial charge in [0.15, 0.2) is 0 Å². The number of esters is 1. The maximum Gasteiger partial charge on any atom is 0.302 e. The van der Waals surface area contributed by atoms with Gasteiger partial charge in [-0.2, -0.15) is 0 Å². The molecule has 3 heteroatoms. The van der Waals surface area contributed by atoms with Crippen LogP contribution in [-0.2, 0) is 16.0 Å². The van der Waals surface area contributed by atoms with Crippen molar-refractivity contribution in [1.29, 1.82) is 0 Å². The van der Waals surface area contributed by atoms with Gasteiger partial charge in [-0.1, -0.05) is 43.2 Å². The molecule has 4 aliphatic rings. The Balaban J connectivity index is 1.36. The highest BCUT2D eigenvalue weighted by Crippen LogP contribution is 2.65. The predicted octanol–water partition coefficient (Wildman–Crippen LogP) is 6.05. The summed E-state index contributed by atoms with van der Waals surface area (Å²) >= 11 is 0. The van der Waals surface area contributed by atoms with Crippen molar-refractivity contribution in [2.75, 3.05) is 0 Å². The lowest BCUT2D eigenvalue weighted by atomic mass is 9.47. The van der Waals surface area contributed by atoms with Crippen molar-refractivity contribution in [2.24, 2.45) is 28.6 Å². The number of rotatable bonds is 3. The van der Waals surface area contributed by atoms with Gasteiger partial charge in [0.2, 0.25) is 0 Å². The maximum atomic E-state index is 11.4. The van der Waals surface area contributed by atoms with Crippen molar-refractivity contribution in [3.63, 3.8) is 0 Å². The van der Waals surface area contributed by atoms with Gasteiger partial charge in [-0.25, -0.2) is 0 Å². The Bertz CT molecular complexity index is 887. The number of nitrogens with zero attached hydrogens (tertiary/aromatic N) is 1. The first-order chi connectivity index (χ1) is 14.4. The molecule has 1 aromatic heterocycles. The second-order valence-corrected chi connectivity index (χ2v) is 10.7. The lowest BCUT2D eigenvalue weighted by Crippen LogP contribution is -2.50. The molecule has 2 saturated carbocycles. The van der Waals surface area contributed by atoms with E-state index in [-0.39, 0.29) is 12.1 Å². The average Bonchev–Trinajstić information content (AvgIpc) is 3.05. The van der Waals surface area contributed by atoms with E-state index in [2.05, 4.69) is 43.1 Å². The number of pyridine rings is 1. The van der Waals surface area contributed by atoms with Crippen molar-refractivity contribution in [1.82, 2.24) is 4.98 Å². The first-order valence-corrected chi connectivity index (χ1v) is 11.9. The van der Waals surface area contributed by atoms with E-state index in [4.69, 9.17) is 4.74 Å². The molecule has 0 radical (unpaired) electrons. The molecule has 0 bridgehead atoms. The van der Waals surface area contributed by atoms with Gasteiger partial charge in [-0.05, 0) is 79.2 Å². The fraction of sp³-hybridized carbons (Fsp3) is 0.630. The first kappa shape index (κ1) is 20.0. The van der Waals surface area contributed by atoms with E-state index >= 15 is 0 Å². The second kappa shape index (κ2) is 7.35.